The molecule has 10 nitrogen and oxygen atoms in total. The molecule has 0 spiro atoms. The Morgan fingerprint density at radius 3 is 2.39 bits per heavy atom. The van der Waals surface area contributed by atoms with Crippen LogP contribution < -0.4 is 21.3 Å². The zero-order valence-corrected chi connectivity index (χ0v) is 21.4. The monoisotopic (exact) mass is 495 g/mol. The third-order valence-electron chi connectivity index (χ3n) is 7.06. The number of piperazine rings is 1. The minimum atomic E-state index is -0.673. The Balaban J connectivity index is 1.63. The van der Waals surface area contributed by atoms with Crippen molar-refractivity contribution in [2.75, 3.05) is 48.8 Å². The second-order valence-electron chi connectivity index (χ2n) is 9.79. The minimum Gasteiger partial charge on any atom is -0.393 e. The van der Waals surface area contributed by atoms with Crippen molar-refractivity contribution in [3.8, 4) is 0 Å². The number of hydrogen-bond donors (Lipinski definition) is 4. The summed E-state index contributed by atoms with van der Waals surface area (Å²) in [6, 6.07) is 5.79. The van der Waals surface area contributed by atoms with Gasteiger partial charge >= 0.3 is 0 Å². The average Bonchev–Trinajstić information content (AvgIpc) is 2.86. The maximum atomic E-state index is 12.5. The highest BCUT2D eigenvalue weighted by atomic mass is 16.3. The first-order valence-corrected chi connectivity index (χ1v) is 12.8. The molecule has 1 aromatic carbocycles. The van der Waals surface area contributed by atoms with Crippen molar-refractivity contribution < 1.29 is 14.7 Å². The number of carbonyl (C=O) groups is 2. The van der Waals surface area contributed by atoms with Gasteiger partial charge in [-0.2, -0.15) is 0 Å². The topological polar surface area (TPSA) is 137 Å². The normalized spacial score (nSPS) is 20.7. The average molecular weight is 496 g/mol. The number of aliphatic hydroxyl groups is 1. The summed E-state index contributed by atoms with van der Waals surface area (Å²) in [6.07, 6.45) is 3.48. The molecular weight excluding hydrogens is 458 g/mol. The molecule has 2 aliphatic rings. The molecule has 2 heterocycles. The third kappa shape index (κ3) is 5.93. The third-order valence-corrected chi connectivity index (χ3v) is 7.06. The highest BCUT2D eigenvalue weighted by molar-refractivity contribution is 6.01. The zero-order valence-electron chi connectivity index (χ0n) is 21.4. The van der Waals surface area contributed by atoms with E-state index in [0.29, 0.717) is 29.2 Å². The molecule has 1 aliphatic carbocycles. The van der Waals surface area contributed by atoms with Crippen LogP contribution in [0.5, 0.6) is 0 Å². The number of amides is 1. The number of anilines is 4. The zero-order chi connectivity index (χ0) is 25.8. The molecule has 1 saturated heterocycles. The molecule has 194 valence electrons. The number of likely N-dealkylation sites (N-methyl/N-ethyl adjacent to an activating group) is 1. The summed E-state index contributed by atoms with van der Waals surface area (Å²) >= 11 is 0. The lowest BCUT2D eigenvalue weighted by Crippen LogP contribution is -2.44. The number of carbonyl (C=O) groups excluding carboxylic acids is 2. The molecule has 1 aromatic heterocycles. The van der Waals surface area contributed by atoms with Gasteiger partial charge in [0.1, 0.15) is 5.82 Å². The Bertz CT molecular complexity index is 1110. The van der Waals surface area contributed by atoms with Gasteiger partial charge in [0.2, 0.25) is 0 Å². The Morgan fingerprint density at radius 1 is 1.08 bits per heavy atom. The maximum Gasteiger partial charge on any atom is 0.271 e. The summed E-state index contributed by atoms with van der Waals surface area (Å²) in [5, 5.41) is 16.5. The van der Waals surface area contributed by atoms with E-state index in [2.05, 4.69) is 32.5 Å². The first-order chi connectivity index (χ1) is 17.2. The molecule has 0 atom stereocenters. The molecule has 4 rings (SSSR count). The van der Waals surface area contributed by atoms with Gasteiger partial charge in [0.05, 0.1) is 11.8 Å². The summed E-state index contributed by atoms with van der Waals surface area (Å²) in [7, 11) is 2.10. The Morgan fingerprint density at radius 2 is 1.78 bits per heavy atom. The number of aryl methyl sites for hydroxylation is 1. The number of benzene rings is 1. The van der Waals surface area contributed by atoms with E-state index < -0.39 is 5.91 Å². The number of ketones is 1. The van der Waals surface area contributed by atoms with Gasteiger partial charge in [0, 0.05) is 49.2 Å². The number of Topliss-reactive ketones (excluding diaryl/α,β-unsaturated/α-hetero) is 1. The SMILES string of the molecule is CCc1nc(C(N)=O)c(Nc2ccc(N3CCN(C)CC3)c(C(C)=O)c2)nc1N[C@H]1CC[C@H](O)CC1. The second-order valence-corrected chi connectivity index (χ2v) is 9.79. The van der Waals surface area contributed by atoms with Crippen molar-refractivity contribution in [2.24, 2.45) is 5.73 Å². The maximum absolute atomic E-state index is 12.5. The number of aliphatic hydroxyl groups excluding tert-OH is 1. The molecule has 0 bridgehead atoms. The summed E-state index contributed by atoms with van der Waals surface area (Å²) in [4.78, 5) is 38.5. The molecule has 0 unspecified atom stereocenters. The largest absolute Gasteiger partial charge is 0.393 e. The summed E-state index contributed by atoms with van der Waals surface area (Å²) in [6.45, 7) is 7.10. The van der Waals surface area contributed by atoms with Crippen molar-refractivity contribution in [3.63, 3.8) is 0 Å². The molecule has 5 N–H and O–H groups in total. The predicted molar refractivity (Wildman–Crippen MR) is 141 cm³/mol. The second kappa shape index (κ2) is 11.2. The fraction of sp³-hybridized carbons (Fsp3) is 0.538. The number of rotatable bonds is 8. The van der Waals surface area contributed by atoms with Crippen LogP contribution in [-0.2, 0) is 6.42 Å². The van der Waals surface area contributed by atoms with Gasteiger partial charge in [-0.15, -0.1) is 0 Å². The van der Waals surface area contributed by atoms with Gasteiger partial charge < -0.3 is 31.3 Å². The van der Waals surface area contributed by atoms with Crippen LogP contribution in [-0.4, -0.2) is 77.0 Å². The van der Waals surface area contributed by atoms with E-state index in [-0.39, 0.29) is 29.4 Å². The van der Waals surface area contributed by atoms with Crippen molar-refractivity contribution in [1.82, 2.24) is 14.9 Å². The van der Waals surface area contributed by atoms with Gasteiger partial charge in [-0.3, -0.25) is 9.59 Å². The molecule has 2 fully saturated rings. The molecule has 10 heteroatoms. The molecule has 1 amide bonds. The first-order valence-electron chi connectivity index (χ1n) is 12.8. The van der Waals surface area contributed by atoms with Crippen molar-refractivity contribution >= 4 is 34.7 Å². The Kier molecular flexibility index (Phi) is 8.05. The van der Waals surface area contributed by atoms with Crippen LogP contribution in [0.15, 0.2) is 18.2 Å². The lowest BCUT2D eigenvalue weighted by molar-refractivity contribution is 0.0992. The van der Waals surface area contributed by atoms with E-state index in [4.69, 9.17) is 10.7 Å². The number of nitrogens with zero attached hydrogens (tertiary/aromatic N) is 4. The lowest BCUT2D eigenvalue weighted by atomic mass is 9.93. The highest BCUT2D eigenvalue weighted by Gasteiger charge is 2.24. The van der Waals surface area contributed by atoms with Crippen LogP contribution in [0.25, 0.3) is 0 Å². The molecule has 1 saturated carbocycles. The van der Waals surface area contributed by atoms with Crippen LogP contribution in [0.3, 0.4) is 0 Å². The first kappa shape index (κ1) is 25.8. The van der Waals surface area contributed by atoms with Gasteiger partial charge in [0.15, 0.2) is 17.3 Å². The molecular formula is C26H37N7O3. The molecule has 36 heavy (non-hydrogen) atoms. The van der Waals surface area contributed by atoms with Crippen molar-refractivity contribution in [3.05, 3.63) is 35.2 Å². The lowest BCUT2D eigenvalue weighted by Gasteiger charge is -2.35. The van der Waals surface area contributed by atoms with E-state index in [9.17, 15) is 14.7 Å². The number of hydrogen-bond acceptors (Lipinski definition) is 9. The Hall–Kier alpha value is -3.24. The van der Waals surface area contributed by atoms with E-state index in [1.54, 1.807) is 13.0 Å². The minimum absolute atomic E-state index is 0.0306. The van der Waals surface area contributed by atoms with E-state index in [1.165, 1.54) is 0 Å². The predicted octanol–water partition coefficient (Wildman–Crippen LogP) is 2.55. The van der Waals surface area contributed by atoms with Gasteiger partial charge in [0.25, 0.3) is 5.91 Å². The van der Waals surface area contributed by atoms with Gasteiger partial charge in [-0.05, 0) is 64.3 Å². The molecule has 1 aliphatic heterocycles. The van der Waals surface area contributed by atoms with Crippen LogP contribution in [0.4, 0.5) is 23.0 Å². The highest BCUT2D eigenvalue weighted by Crippen LogP contribution is 2.30. The standard InChI is InChI=1S/C26H37N7O3/c1-4-21-25(28-17-5-8-19(35)9-6-17)31-26(23(30-21)24(27)36)29-18-7-10-22(20(15-18)16(2)34)33-13-11-32(3)12-14-33/h7,10,15,17,19,35H,4-6,8-9,11-14H2,1-3H3,(H2,27,36)(H2,28,29,31)/t17-,19-. The van der Waals surface area contributed by atoms with Crippen LogP contribution in [0.2, 0.25) is 0 Å². The van der Waals surface area contributed by atoms with Gasteiger partial charge in [-0.1, -0.05) is 6.92 Å². The number of nitrogens with two attached hydrogens (primary N) is 1. The quantitative estimate of drug-likeness (QED) is 0.407. The van der Waals surface area contributed by atoms with Crippen LogP contribution in [0, 0.1) is 0 Å². The van der Waals surface area contributed by atoms with E-state index >= 15 is 0 Å². The number of aromatic nitrogens is 2. The van der Waals surface area contributed by atoms with E-state index in [1.807, 2.05) is 19.1 Å². The molecule has 2 aromatic rings. The van der Waals surface area contributed by atoms with E-state index in [0.717, 1.165) is 57.5 Å². The number of nitrogens with one attached hydrogen (secondary N) is 2. The number of primary amides is 1. The fourth-order valence-corrected chi connectivity index (χ4v) is 4.86. The van der Waals surface area contributed by atoms with Gasteiger partial charge in [-0.25, -0.2) is 9.97 Å². The summed E-state index contributed by atoms with van der Waals surface area (Å²) in [5.74, 6) is 0.150. The van der Waals surface area contributed by atoms with Crippen LogP contribution >= 0.6 is 0 Å². The summed E-state index contributed by atoms with van der Waals surface area (Å²) < 4.78 is 0. The fourth-order valence-electron chi connectivity index (χ4n) is 4.86. The van der Waals surface area contributed by atoms with Crippen molar-refractivity contribution in [1.29, 1.82) is 0 Å². The smallest absolute Gasteiger partial charge is 0.271 e. The van der Waals surface area contributed by atoms with Crippen molar-refractivity contribution in [2.45, 2.75) is 58.1 Å². The summed E-state index contributed by atoms with van der Waals surface area (Å²) in [5.41, 5.74) is 8.53. The van der Waals surface area contributed by atoms with Crippen LogP contribution in [0.1, 0.15) is 66.1 Å². The Labute approximate surface area is 212 Å². The molecule has 0 radical (unpaired) electrons.